The molecular weight excluding hydrogens is 240 g/mol. The van der Waals surface area contributed by atoms with Crippen LogP contribution in [0.4, 0.5) is 11.4 Å². The van der Waals surface area contributed by atoms with Gasteiger partial charge in [0.2, 0.25) is 0 Å². The number of rotatable bonds is 2. The fourth-order valence-electron chi connectivity index (χ4n) is 1.89. The fraction of sp³-hybridized carbons (Fsp3) is 0. The average molecular weight is 252 g/mol. The summed E-state index contributed by atoms with van der Waals surface area (Å²) in [6.07, 6.45) is 3.42. The molecule has 3 aromatic rings. The molecule has 0 spiro atoms. The van der Waals surface area contributed by atoms with Gasteiger partial charge in [-0.3, -0.25) is 4.79 Å². The fourth-order valence-corrected chi connectivity index (χ4v) is 1.89. The minimum absolute atomic E-state index is 0.205. The van der Waals surface area contributed by atoms with E-state index >= 15 is 0 Å². The molecule has 0 saturated carbocycles. The Kier molecular flexibility index (Phi) is 2.64. The number of carbonyl (C=O) groups excluding carboxylic acids is 1. The molecule has 3 rings (SSSR count). The molecule has 19 heavy (non-hydrogen) atoms. The number of fused-ring (bicyclic) bond motifs is 1. The van der Waals surface area contributed by atoms with Gasteiger partial charge >= 0.3 is 0 Å². The second-order valence-corrected chi connectivity index (χ2v) is 4.22. The largest absolute Gasteiger partial charge is 0.399 e. The van der Waals surface area contributed by atoms with Crippen molar-refractivity contribution >= 4 is 28.3 Å². The van der Waals surface area contributed by atoms with E-state index in [4.69, 9.17) is 5.73 Å². The standard InChI is InChI=1S/C14H12N4O/c15-11-3-1-2-10(6-11)14(19)18-12-7-9-4-5-16-13(9)17-8-12/h1-8H,15H2,(H,16,17)(H,18,19). The van der Waals surface area contributed by atoms with E-state index in [1.807, 2.05) is 12.1 Å². The van der Waals surface area contributed by atoms with Crippen molar-refractivity contribution < 1.29 is 4.79 Å². The Morgan fingerprint density at radius 3 is 3.00 bits per heavy atom. The third-order valence-electron chi connectivity index (χ3n) is 2.81. The SMILES string of the molecule is Nc1cccc(C(=O)Nc2cnc3[nH]ccc3c2)c1. The second kappa shape index (κ2) is 4.45. The molecule has 0 radical (unpaired) electrons. The van der Waals surface area contributed by atoms with Crippen LogP contribution in [-0.2, 0) is 0 Å². The lowest BCUT2D eigenvalue weighted by Gasteiger charge is -2.05. The summed E-state index contributed by atoms with van der Waals surface area (Å²) in [6, 6.07) is 10.6. The number of carbonyl (C=O) groups is 1. The highest BCUT2D eigenvalue weighted by Crippen LogP contribution is 2.16. The number of nitrogen functional groups attached to an aromatic ring is 1. The number of amides is 1. The number of anilines is 2. The zero-order valence-electron chi connectivity index (χ0n) is 10.1. The Bertz CT molecular complexity index is 748. The monoisotopic (exact) mass is 252 g/mol. The van der Waals surface area contributed by atoms with Crippen LogP contribution in [0.3, 0.4) is 0 Å². The topological polar surface area (TPSA) is 83.8 Å². The summed E-state index contributed by atoms with van der Waals surface area (Å²) in [6.45, 7) is 0. The van der Waals surface area contributed by atoms with E-state index in [2.05, 4.69) is 15.3 Å². The molecule has 4 N–H and O–H groups in total. The van der Waals surface area contributed by atoms with Gasteiger partial charge in [-0.25, -0.2) is 4.98 Å². The van der Waals surface area contributed by atoms with E-state index in [9.17, 15) is 4.79 Å². The molecule has 1 amide bonds. The van der Waals surface area contributed by atoms with E-state index in [0.29, 0.717) is 16.9 Å². The summed E-state index contributed by atoms with van der Waals surface area (Å²) in [5.74, 6) is -0.205. The van der Waals surface area contributed by atoms with Crippen LogP contribution in [0.15, 0.2) is 48.8 Å². The number of aromatic nitrogens is 2. The molecule has 0 saturated heterocycles. The Labute approximate surface area is 109 Å². The summed E-state index contributed by atoms with van der Waals surface area (Å²) in [5, 5.41) is 3.75. The van der Waals surface area contributed by atoms with Crippen molar-refractivity contribution in [2.75, 3.05) is 11.1 Å². The van der Waals surface area contributed by atoms with Crippen LogP contribution in [0, 0.1) is 0 Å². The summed E-state index contributed by atoms with van der Waals surface area (Å²) in [5.41, 5.74) is 8.18. The molecule has 5 heteroatoms. The predicted octanol–water partition coefficient (Wildman–Crippen LogP) is 2.40. The highest BCUT2D eigenvalue weighted by atomic mass is 16.1. The van der Waals surface area contributed by atoms with Gasteiger partial charge in [-0.05, 0) is 30.3 Å². The van der Waals surface area contributed by atoms with Crippen molar-refractivity contribution in [1.29, 1.82) is 0 Å². The number of hydrogen-bond donors (Lipinski definition) is 3. The van der Waals surface area contributed by atoms with Crippen molar-refractivity contribution in [3.63, 3.8) is 0 Å². The third kappa shape index (κ3) is 2.26. The normalized spacial score (nSPS) is 10.5. The van der Waals surface area contributed by atoms with E-state index < -0.39 is 0 Å². The number of aromatic amines is 1. The molecule has 94 valence electrons. The molecule has 0 aliphatic carbocycles. The summed E-state index contributed by atoms with van der Waals surface area (Å²) >= 11 is 0. The molecule has 0 fully saturated rings. The maximum absolute atomic E-state index is 12.0. The Balaban J connectivity index is 1.86. The van der Waals surface area contributed by atoms with E-state index in [0.717, 1.165) is 11.0 Å². The minimum atomic E-state index is -0.205. The van der Waals surface area contributed by atoms with Gasteiger partial charge in [0.05, 0.1) is 11.9 Å². The van der Waals surface area contributed by atoms with E-state index in [1.165, 1.54) is 0 Å². The van der Waals surface area contributed by atoms with Crippen LogP contribution in [0.1, 0.15) is 10.4 Å². The molecule has 2 heterocycles. The second-order valence-electron chi connectivity index (χ2n) is 4.22. The maximum Gasteiger partial charge on any atom is 0.255 e. The smallest absolute Gasteiger partial charge is 0.255 e. The average Bonchev–Trinajstić information content (AvgIpc) is 2.86. The summed E-state index contributed by atoms with van der Waals surface area (Å²) in [7, 11) is 0. The minimum Gasteiger partial charge on any atom is -0.399 e. The zero-order chi connectivity index (χ0) is 13.2. The Hall–Kier alpha value is -2.82. The number of pyridine rings is 1. The van der Waals surface area contributed by atoms with Gasteiger partial charge in [0, 0.05) is 22.8 Å². The molecule has 0 unspecified atom stereocenters. The molecule has 1 aromatic carbocycles. The molecule has 5 nitrogen and oxygen atoms in total. The zero-order valence-corrected chi connectivity index (χ0v) is 10.1. The number of nitrogens with one attached hydrogen (secondary N) is 2. The van der Waals surface area contributed by atoms with Crippen LogP contribution in [0.2, 0.25) is 0 Å². The quantitative estimate of drug-likeness (QED) is 0.612. The lowest BCUT2D eigenvalue weighted by molar-refractivity contribution is 0.102. The molecule has 2 aromatic heterocycles. The van der Waals surface area contributed by atoms with Gasteiger partial charge in [0.25, 0.3) is 5.91 Å². The van der Waals surface area contributed by atoms with Crippen molar-refractivity contribution in [2.24, 2.45) is 0 Å². The molecule has 0 aliphatic rings. The van der Waals surface area contributed by atoms with Crippen LogP contribution in [-0.4, -0.2) is 15.9 Å². The number of nitrogens with zero attached hydrogens (tertiary/aromatic N) is 1. The van der Waals surface area contributed by atoms with Gasteiger partial charge in [0.15, 0.2) is 0 Å². The van der Waals surface area contributed by atoms with E-state index in [1.54, 1.807) is 36.7 Å². The number of hydrogen-bond acceptors (Lipinski definition) is 3. The first-order chi connectivity index (χ1) is 9.22. The van der Waals surface area contributed by atoms with Gasteiger partial charge in [-0.15, -0.1) is 0 Å². The molecule has 0 atom stereocenters. The number of H-pyrrole nitrogens is 1. The van der Waals surface area contributed by atoms with Crippen LogP contribution >= 0.6 is 0 Å². The summed E-state index contributed by atoms with van der Waals surface area (Å²) < 4.78 is 0. The van der Waals surface area contributed by atoms with Crippen LogP contribution < -0.4 is 11.1 Å². The molecule has 0 bridgehead atoms. The maximum atomic E-state index is 12.0. The molecule has 0 aliphatic heterocycles. The van der Waals surface area contributed by atoms with Crippen LogP contribution in [0.25, 0.3) is 11.0 Å². The van der Waals surface area contributed by atoms with Crippen molar-refractivity contribution in [1.82, 2.24) is 9.97 Å². The van der Waals surface area contributed by atoms with Gasteiger partial charge < -0.3 is 16.0 Å². The van der Waals surface area contributed by atoms with Gasteiger partial charge in [-0.1, -0.05) is 6.07 Å². The number of benzene rings is 1. The molecular formula is C14H12N4O. The van der Waals surface area contributed by atoms with Crippen LogP contribution in [0.5, 0.6) is 0 Å². The lowest BCUT2D eigenvalue weighted by Crippen LogP contribution is -2.12. The first-order valence-corrected chi connectivity index (χ1v) is 5.82. The van der Waals surface area contributed by atoms with Gasteiger partial charge in [-0.2, -0.15) is 0 Å². The first-order valence-electron chi connectivity index (χ1n) is 5.82. The van der Waals surface area contributed by atoms with Crippen molar-refractivity contribution in [3.8, 4) is 0 Å². The lowest BCUT2D eigenvalue weighted by atomic mass is 10.2. The third-order valence-corrected chi connectivity index (χ3v) is 2.81. The first kappa shape index (κ1) is 11.3. The van der Waals surface area contributed by atoms with E-state index in [-0.39, 0.29) is 5.91 Å². The Morgan fingerprint density at radius 1 is 1.26 bits per heavy atom. The van der Waals surface area contributed by atoms with Gasteiger partial charge in [0.1, 0.15) is 5.65 Å². The Morgan fingerprint density at radius 2 is 2.16 bits per heavy atom. The predicted molar refractivity (Wildman–Crippen MR) is 74.9 cm³/mol. The van der Waals surface area contributed by atoms with Crippen molar-refractivity contribution in [3.05, 3.63) is 54.4 Å². The highest BCUT2D eigenvalue weighted by molar-refractivity contribution is 6.05. The highest BCUT2D eigenvalue weighted by Gasteiger charge is 2.07. The summed E-state index contributed by atoms with van der Waals surface area (Å²) in [4.78, 5) is 19.2. The number of nitrogens with two attached hydrogens (primary N) is 1. The van der Waals surface area contributed by atoms with Crippen molar-refractivity contribution in [2.45, 2.75) is 0 Å².